The van der Waals surface area contributed by atoms with Gasteiger partial charge in [0.2, 0.25) is 0 Å². The number of rotatable bonds is 4. The van der Waals surface area contributed by atoms with E-state index in [2.05, 4.69) is 5.32 Å². The van der Waals surface area contributed by atoms with Crippen LogP contribution in [0.3, 0.4) is 0 Å². The van der Waals surface area contributed by atoms with Crippen LogP contribution in [0.15, 0.2) is 42.5 Å². The SMILES string of the molecule is COc1c(Cl)cccc1NC(=O)c1ccccc1[N+](=O)[O-]. The molecule has 0 aliphatic heterocycles. The first-order valence-electron chi connectivity index (χ1n) is 5.92. The fourth-order valence-corrected chi connectivity index (χ4v) is 2.08. The molecule has 21 heavy (non-hydrogen) atoms. The first-order chi connectivity index (χ1) is 10.0. The zero-order valence-electron chi connectivity index (χ0n) is 11.0. The van der Waals surface area contributed by atoms with E-state index in [-0.39, 0.29) is 11.3 Å². The van der Waals surface area contributed by atoms with Gasteiger partial charge in [-0.1, -0.05) is 29.8 Å². The molecule has 0 unspecified atom stereocenters. The third kappa shape index (κ3) is 3.11. The number of nitrogens with zero attached hydrogens (tertiary/aromatic N) is 1. The van der Waals surface area contributed by atoms with Crippen molar-refractivity contribution in [3.05, 3.63) is 63.2 Å². The highest BCUT2D eigenvalue weighted by atomic mass is 35.5. The quantitative estimate of drug-likeness (QED) is 0.692. The van der Waals surface area contributed by atoms with Gasteiger partial charge in [-0.25, -0.2) is 0 Å². The number of hydrogen-bond donors (Lipinski definition) is 1. The predicted octanol–water partition coefficient (Wildman–Crippen LogP) is 3.51. The second kappa shape index (κ2) is 6.23. The largest absolute Gasteiger partial charge is 0.493 e. The van der Waals surface area contributed by atoms with E-state index < -0.39 is 10.8 Å². The summed E-state index contributed by atoms with van der Waals surface area (Å²) < 4.78 is 5.11. The highest BCUT2D eigenvalue weighted by molar-refractivity contribution is 6.32. The predicted molar refractivity (Wildman–Crippen MR) is 79.1 cm³/mol. The summed E-state index contributed by atoms with van der Waals surface area (Å²) in [5.74, 6) is -0.311. The van der Waals surface area contributed by atoms with E-state index in [1.54, 1.807) is 24.3 Å². The minimum absolute atomic E-state index is 0.0375. The van der Waals surface area contributed by atoms with Gasteiger partial charge < -0.3 is 10.1 Å². The topological polar surface area (TPSA) is 81.5 Å². The van der Waals surface area contributed by atoms with E-state index in [0.29, 0.717) is 16.5 Å². The summed E-state index contributed by atoms with van der Waals surface area (Å²) in [5, 5.41) is 13.8. The molecule has 1 amide bonds. The molecular weight excluding hydrogens is 296 g/mol. The lowest BCUT2D eigenvalue weighted by Gasteiger charge is -2.11. The zero-order valence-corrected chi connectivity index (χ0v) is 11.8. The number of nitro groups is 1. The van der Waals surface area contributed by atoms with Crippen molar-refractivity contribution < 1.29 is 14.5 Å². The smallest absolute Gasteiger partial charge is 0.282 e. The molecule has 108 valence electrons. The Balaban J connectivity index is 2.35. The van der Waals surface area contributed by atoms with Gasteiger partial charge in [0.25, 0.3) is 11.6 Å². The normalized spacial score (nSPS) is 10.0. The van der Waals surface area contributed by atoms with Crippen LogP contribution in [0.4, 0.5) is 11.4 Å². The third-order valence-corrected chi connectivity index (χ3v) is 3.06. The Morgan fingerprint density at radius 2 is 1.95 bits per heavy atom. The van der Waals surface area contributed by atoms with Crippen molar-refractivity contribution >= 4 is 28.9 Å². The van der Waals surface area contributed by atoms with Crippen molar-refractivity contribution in [2.75, 3.05) is 12.4 Å². The highest BCUT2D eigenvalue weighted by Gasteiger charge is 2.20. The molecule has 0 aliphatic rings. The number of halogens is 1. The average molecular weight is 307 g/mol. The van der Waals surface area contributed by atoms with Gasteiger partial charge in [-0.15, -0.1) is 0 Å². The van der Waals surface area contributed by atoms with Crippen LogP contribution in [-0.2, 0) is 0 Å². The summed E-state index contributed by atoms with van der Waals surface area (Å²) in [5.41, 5.74) is 0.0358. The van der Waals surface area contributed by atoms with Crippen LogP contribution in [0.2, 0.25) is 5.02 Å². The number of hydrogen-bond acceptors (Lipinski definition) is 4. The van der Waals surface area contributed by atoms with Gasteiger partial charge in [0.05, 0.1) is 22.7 Å². The Hall–Kier alpha value is -2.60. The third-order valence-electron chi connectivity index (χ3n) is 2.76. The van der Waals surface area contributed by atoms with Crippen molar-refractivity contribution in [3.8, 4) is 5.75 Å². The molecule has 0 fully saturated rings. The maximum absolute atomic E-state index is 12.2. The molecule has 0 heterocycles. The van der Waals surface area contributed by atoms with Crippen LogP contribution in [0.1, 0.15) is 10.4 Å². The fraction of sp³-hybridized carbons (Fsp3) is 0.0714. The lowest BCUT2D eigenvalue weighted by molar-refractivity contribution is -0.385. The molecule has 0 spiro atoms. The molecule has 7 heteroatoms. The molecule has 2 rings (SSSR count). The maximum Gasteiger partial charge on any atom is 0.282 e. The van der Waals surface area contributed by atoms with E-state index in [9.17, 15) is 14.9 Å². The second-order valence-electron chi connectivity index (χ2n) is 4.05. The van der Waals surface area contributed by atoms with Crippen molar-refractivity contribution in [2.45, 2.75) is 0 Å². The summed E-state index contributed by atoms with van der Waals surface area (Å²) in [7, 11) is 1.42. The van der Waals surface area contributed by atoms with Gasteiger partial charge in [-0.2, -0.15) is 0 Å². The molecule has 2 aromatic carbocycles. The summed E-state index contributed by atoms with van der Waals surface area (Å²) in [6, 6.07) is 10.5. The van der Waals surface area contributed by atoms with Gasteiger partial charge in [-0.05, 0) is 18.2 Å². The second-order valence-corrected chi connectivity index (χ2v) is 4.46. The molecule has 0 aliphatic carbocycles. The number of benzene rings is 2. The van der Waals surface area contributed by atoms with E-state index in [1.807, 2.05) is 0 Å². The van der Waals surface area contributed by atoms with Crippen LogP contribution in [0.25, 0.3) is 0 Å². The molecule has 2 aromatic rings. The summed E-state index contributed by atoms with van der Waals surface area (Å²) in [6.45, 7) is 0. The van der Waals surface area contributed by atoms with Gasteiger partial charge in [0.15, 0.2) is 5.75 Å². The van der Waals surface area contributed by atoms with Crippen molar-refractivity contribution in [1.29, 1.82) is 0 Å². The van der Waals surface area contributed by atoms with E-state index in [1.165, 1.54) is 25.3 Å². The molecule has 0 saturated carbocycles. The zero-order chi connectivity index (χ0) is 15.4. The molecular formula is C14H11ClN2O4. The molecule has 0 aromatic heterocycles. The Labute approximate surface area is 125 Å². The summed E-state index contributed by atoms with van der Waals surface area (Å²) in [4.78, 5) is 22.5. The van der Waals surface area contributed by atoms with Crippen LogP contribution in [0.5, 0.6) is 5.75 Å². The molecule has 1 N–H and O–H groups in total. The molecule has 0 radical (unpaired) electrons. The Morgan fingerprint density at radius 1 is 1.24 bits per heavy atom. The van der Waals surface area contributed by atoms with E-state index >= 15 is 0 Å². The Morgan fingerprint density at radius 3 is 2.62 bits per heavy atom. The van der Waals surface area contributed by atoms with Crippen molar-refractivity contribution in [3.63, 3.8) is 0 Å². The number of amides is 1. The summed E-state index contributed by atoms with van der Waals surface area (Å²) >= 11 is 5.96. The molecule has 6 nitrogen and oxygen atoms in total. The fourth-order valence-electron chi connectivity index (χ4n) is 1.83. The van der Waals surface area contributed by atoms with Gasteiger partial charge in [0.1, 0.15) is 5.56 Å². The number of ether oxygens (including phenoxy) is 1. The van der Waals surface area contributed by atoms with Gasteiger partial charge in [0, 0.05) is 6.07 Å². The minimum atomic E-state index is -0.608. The van der Waals surface area contributed by atoms with E-state index in [4.69, 9.17) is 16.3 Å². The first-order valence-corrected chi connectivity index (χ1v) is 6.29. The number of anilines is 1. The number of para-hydroxylation sites is 2. The standard InChI is InChI=1S/C14H11ClN2O4/c1-21-13-10(15)6-4-7-11(13)16-14(18)9-5-2-3-8-12(9)17(19)20/h2-8H,1H3,(H,16,18). The molecule has 0 atom stereocenters. The van der Waals surface area contributed by atoms with Crippen LogP contribution in [0, 0.1) is 10.1 Å². The van der Waals surface area contributed by atoms with E-state index in [0.717, 1.165) is 0 Å². The highest BCUT2D eigenvalue weighted by Crippen LogP contribution is 2.33. The Kier molecular flexibility index (Phi) is 4.39. The lowest BCUT2D eigenvalue weighted by atomic mass is 10.1. The van der Waals surface area contributed by atoms with Crippen molar-refractivity contribution in [2.24, 2.45) is 0 Å². The number of nitrogens with one attached hydrogen (secondary N) is 1. The van der Waals surface area contributed by atoms with Gasteiger partial charge >= 0.3 is 0 Å². The van der Waals surface area contributed by atoms with Crippen LogP contribution in [-0.4, -0.2) is 17.9 Å². The number of nitro benzene ring substituents is 1. The van der Waals surface area contributed by atoms with Crippen LogP contribution < -0.4 is 10.1 Å². The van der Waals surface area contributed by atoms with Crippen molar-refractivity contribution in [1.82, 2.24) is 0 Å². The number of carbonyl (C=O) groups excluding carboxylic acids is 1. The lowest BCUT2D eigenvalue weighted by Crippen LogP contribution is -2.14. The van der Waals surface area contributed by atoms with Crippen LogP contribution >= 0.6 is 11.6 Å². The Bertz CT molecular complexity index is 703. The summed E-state index contributed by atoms with van der Waals surface area (Å²) in [6.07, 6.45) is 0. The minimum Gasteiger partial charge on any atom is -0.493 e. The average Bonchev–Trinajstić information content (AvgIpc) is 2.47. The maximum atomic E-state index is 12.2. The number of carbonyl (C=O) groups is 1. The first kappa shape index (κ1) is 14.8. The molecule has 0 bridgehead atoms. The van der Waals surface area contributed by atoms with Gasteiger partial charge in [-0.3, -0.25) is 14.9 Å². The molecule has 0 saturated heterocycles. The monoisotopic (exact) mass is 306 g/mol. The number of methoxy groups -OCH3 is 1.